The highest BCUT2D eigenvalue weighted by molar-refractivity contribution is 5.45. The van der Waals surface area contributed by atoms with Crippen LogP contribution in [0.2, 0.25) is 0 Å². The molecule has 0 aromatic carbocycles. The Balaban J connectivity index is 1.25. The molecule has 4 N–H and O–H groups in total. The van der Waals surface area contributed by atoms with Gasteiger partial charge in [0.05, 0.1) is 24.6 Å². The van der Waals surface area contributed by atoms with Crippen LogP contribution in [0.3, 0.4) is 0 Å². The number of ether oxygens (including phenoxy) is 1. The number of rotatable bonds is 4. The summed E-state index contributed by atoms with van der Waals surface area (Å²) in [7, 11) is 0. The minimum absolute atomic E-state index is 0.103. The highest BCUT2D eigenvalue weighted by atomic mass is 16.5. The van der Waals surface area contributed by atoms with E-state index in [1.807, 2.05) is 0 Å². The first kappa shape index (κ1) is 31.1. The average molecular weight is 558 g/mol. The lowest BCUT2D eigenvalue weighted by Gasteiger charge is -2.49. The Morgan fingerprint density at radius 3 is 1.45 bits per heavy atom. The van der Waals surface area contributed by atoms with Gasteiger partial charge in [0.15, 0.2) is 0 Å². The molecule has 0 radical (unpaired) electrons. The fraction of sp³-hybridized carbons (Fsp3) is 0.568. The molecule has 5 atom stereocenters. The number of aliphatic hydroxyl groups is 1. The van der Waals surface area contributed by atoms with Gasteiger partial charge in [-0.1, -0.05) is 38.5 Å². The van der Waals surface area contributed by atoms with Crippen molar-refractivity contribution >= 4 is 0 Å². The summed E-state index contributed by atoms with van der Waals surface area (Å²) in [6.45, 7) is 0. The van der Waals surface area contributed by atoms with Crippen LogP contribution in [0.5, 0.6) is 0 Å². The van der Waals surface area contributed by atoms with E-state index in [2.05, 4.69) is 105 Å². The lowest BCUT2D eigenvalue weighted by Crippen LogP contribution is -2.73. The van der Waals surface area contributed by atoms with Crippen molar-refractivity contribution in [3.63, 3.8) is 0 Å². The Labute approximate surface area is 252 Å². The molecule has 3 aliphatic carbocycles. The molecular formula is C37H39N3O2. The maximum absolute atomic E-state index is 11.2. The second kappa shape index (κ2) is 17.8. The standard InChI is InChI=1S/C37H39N3O2/c1-2-3-4-5-6-7-8-9-10-11-12-13-14-21-28-42-32-26-27-33(34(41)29-32)37-39-35(30-22-17-15-18-23-30)38-36(40-37)31-24-19-16-20-25-31/h1,30-41H,15-20,22-27,29H2. The van der Waals surface area contributed by atoms with Gasteiger partial charge in [-0.25, -0.2) is 0 Å². The summed E-state index contributed by atoms with van der Waals surface area (Å²) in [6.07, 6.45) is 23.3. The molecule has 0 aromatic rings. The lowest BCUT2D eigenvalue weighted by molar-refractivity contribution is -0.0364. The van der Waals surface area contributed by atoms with Crippen LogP contribution in [-0.4, -0.2) is 35.8 Å². The molecular weight excluding hydrogens is 518 g/mol. The Bertz CT molecular complexity index is 1370. The summed E-state index contributed by atoms with van der Waals surface area (Å²) in [5, 5.41) is 22.9. The highest BCUT2D eigenvalue weighted by Crippen LogP contribution is 2.34. The smallest absolute Gasteiger partial charge is 0.125 e. The van der Waals surface area contributed by atoms with Gasteiger partial charge < -0.3 is 9.84 Å². The minimum atomic E-state index is -0.451. The zero-order chi connectivity index (χ0) is 29.2. The Hall–Kier alpha value is -3.88. The molecule has 4 fully saturated rings. The molecule has 1 saturated heterocycles. The van der Waals surface area contributed by atoms with Gasteiger partial charge in [-0.3, -0.25) is 16.0 Å². The van der Waals surface area contributed by atoms with Gasteiger partial charge in [0.1, 0.15) is 12.2 Å². The van der Waals surface area contributed by atoms with Gasteiger partial charge in [0.2, 0.25) is 0 Å². The Morgan fingerprint density at radius 1 is 0.524 bits per heavy atom. The van der Waals surface area contributed by atoms with Gasteiger partial charge >= 0.3 is 0 Å². The topological polar surface area (TPSA) is 65.5 Å². The van der Waals surface area contributed by atoms with Crippen LogP contribution < -0.4 is 16.0 Å². The van der Waals surface area contributed by atoms with Crippen LogP contribution in [0, 0.1) is 113 Å². The molecule has 214 valence electrons. The third-order valence-electron chi connectivity index (χ3n) is 8.67. The summed E-state index contributed by atoms with van der Waals surface area (Å²) in [5.74, 6) is 36.7. The molecule has 4 rings (SSSR count). The predicted octanol–water partition coefficient (Wildman–Crippen LogP) is 3.07. The monoisotopic (exact) mass is 557 g/mol. The number of terminal acetylenes is 1. The number of nitrogens with one attached hydrogen (secondary N) is 3. The molecule has 0 bridgehead atoms. The normalized spacial score (nSPS) is 28.9. The third kappa shape index (κ3) is 10.2. The number of hydrogen-bond donors (Lipinski definition) is 4. The zero-order valence-corrected chi connectivity index (χ0v) is 24.2. The fourth-order valence-corrected chi connectivity index (χ4v) is 6.60. The minimum Gasteiger partial charge on any atom is -0.443 e. The van der Waals surface area contributed by atoms with E-state index in [0.717, 1.165) is 12.8 Å². The Kier molecular flexibility index (Phi) is 13.2. The fourth-order valence-electron chi connectivity index (χ4n) is 6.60. The van der Waals surface area contributed by atoms with Crippen molar-refractivity contribution < 1.29 is 9.84 Å². The van der Waals surface area contributed by atoms with Crippen molar-refractivity contribution in [2.75, 3.05) is 0 Å². The van der Waals surface area contributed by atoms with Gasteiger partial charge in [-0.05, 0) is 91.8 Å². The van der Waals surface area contributed by atoms with E-state index in [0.29, 0.717) is 30.6 Å². The molecule has 4 aliphatic rings. The second-order valence-corrected chi connectivity index (χ2v) is 11.4. The van der Waals surface area contributed by atoms with Gasteiger partial charge in [0, 0.05) is 53.8 Å². The predicted molar refractivity (Wildman–Crippen MR) is 165 cm³/mol. The lowest BCUT2D eigenvalue weighted by atomic mass is 9.79. The van der Waals surface area contributed by atoms with Gasteiger partial charge in [-0.15, -0.1) is 6.42 Å². The zero-order valence-electron chi connectivity index (χ0n) is 24.2. The van der Waals surface area contributed by atoms with Crippen LogP contribution in [0.15, 0.2) is 0 Å². The maximum atomic E-state index is 11.2. The highest BCUT2D eigenvalue weighted by Gasteiger charge is 2.42. The van der Waals surface area contributed by atoms with E-state index in [1.165, 1.54) is 64.2 Å². The molecule has 0 amide bonds. The number of aliphatic hydroxyl groups excluding tert-OH is 1. The molecule has 3 saturated carbocycles. The Morgan fingerprint density at radius 2 is 0.976 bits per heavy atom. The molecule has 5 heteroatoms. The maximum Gasteiger partial charge on any atom is 0.125 e. The van der Waals surface area contributed by atoms with Crippen molar-refractivity contribution in [3.05, 3.63) is 0 Å². The molecule has 1 heterocycles. The van der Waals surface area contributed by atoms with E-state index < -0.39 is 6.10 Å². The SMILES string of the molecule is C#CC#CC#CC#CC#CC#CC#CC#COC1CCC(C2NC(C3CCCCC3)NC(C3CCCCC3)N2)C(O)C1. The number of hydrogen-bond acceptors (Lipinski definition) is 5. The van der Waals surface area contributed by atoms with Crippen LogP contribution in [0.1, 0.15) is 83.5 Å². The van der Waals surface area contributed by atoms with Crippen molar-refractivity contribution in [2.45, 2.75) is 114 Å². The molecule has 0 spiro atoms. The van der Waals surface area contributed by atoms with Crippen molar-refractivity contribution in [1.82, 2.24) is 16.0 Å². The average Bonchev–Trinajstić information content (AvgIpc) is 3.03. The summed E-state index contributed by atoms with van der Waals surface area (Å²) < 4.78 is 5.72. The van der Waals surface area contributed by atoms with Crippen LogP contribution in [0.25, 0.3) is 0 Å². The first-order valence-corrected chi connectivity index (χ1v) is 15.3. The summed E-state index contributed by atoms with van der Waals surface area (Å²) in [4.78, 5) is 0. The van der Waals surface area contributed by atoms with E-state index in [4.69, 9.17) is 11.2 Å². The first-order valence-electron chi connectivity index (χ1n) is 15.3. The van der Waals surface area contributed by atoms with Crippen molar-refractivity contribution in [2.24, 2.45) is 17.8 Å². The van der Waals surface area contributed by atoms with Gasteiger partial charge in [-0.2, -0.15) is 0 Å². The molecule has 5 nitrogen and oxygen atoms in total. The molecule has 1 aliphatic heterocycles. The van der Waals surface area contributed by atoms with Crippen LogP contribution >= 0.6 is 0 Å². The van der Waals surface area contributed by atoms with Crippen molar-refractivity contribution in [1.29, 1.82) is 0 Å². The molecule has 0 aromatic heterocycles. The van der Waals surface area contributed by atoms with E-state index in [1.54, 1.807) is 0 Å². The van der Waals surface area contributed by atoms with Crippen LogP contribution in [0.4, 0.5) is 0 Å². The summed E-state index contributed by atoms with van der Waals surface area (Å²) in [5.41, 5.74) is 0. The summed E-state index contributed by atoms with van der Waals surface area (Å²) >= 11 is 0. The third-order valence-corrected chi connectivity index (χ3v) is 8.67. The van der Waals surface area contributed by atoms with E-state index in [9.17, 15) is 5.11 Å². The second-order valence-electron chi connectivity index (χ2n) is 11.4. The summed E-state index contributed by atoms with van der Waals surface area (Å²) in [6, 6.07) is 0. The largest absolute Gasteiger partial charge is 0.443 e. The first-order chi connectivity index (χ1) is 20.7. The van der Waals surface area contributed by atoms with Crippen molar-refractivity contribution in [3.8, 4) is 95.4 Å². The van der Waals surface area contributed by atoms with E-state index >= 15 is 0 Å². The van der Waals surface area contributed by atoms with E-state index in [-0.39, 0.29) is 18.2 Å². The van der Waals surface area contributed by atoms with Crippen LogP contribution in [-0.2, 0) is 4.74 Å². The quantitative estimate of drug-likeness (QED) is 0.401. The van der Waals surface area contributed by atoms with Gasteiger partial charge in [0.25, 0.3) is 0 Å². The molecule has 42 heavy (non-hydrogen) atoms. The molecule has 5 unspecified atom stereocenters.